The number of para-hydroxylation sites is 1. The first-order valence-electron chi connectivity index (χ1n) is 11.8. The molecule has 1 aromatic heterocycles. The molecule has 2 heterocycles. The van der Waals surface area contributed by atoms with Crippen LogP contribution in [0, 0.1) is 5.82 Å². The quantitative estimate of drug-likeness (QED) is 0.353. The summed E-state index contributed by atoms with van der Waals surface area (Å²) in [6, 6.07) is 20.1. The second-order valence-electron chi connectivity index (χ2n) is 8.67. The lowest BCUT2D eigenvalue weighted by Gasteiger charge is -2.36. The highest BCUT2D eigenvalue weighted by atomic mass is 32.1. The molecule has 0 unspecified atom stereocenters. The van der Waals surface area contributed by atoms with Crippen molar-refractivity contribution in [3.05, 3.63) is 83.0 Å². The molecule has 1 saturated heterocycles. The Balaban J connectivity index is 1.28. The van der Waals surface area contributed by atoms with Gasteiger partial charge in [0.05, 0.1) is 23.8 Å². The molecule has 0 spiro atoms. The van der Waals surface area contributed by atoms with Gasteiger partial charge < -0.3 is 19.7 Å². The molecule has 186 valence electrons. The molecule has 4 aromatic rings. The van der Waals surface area contributed by atoms with Crippen LogP contribution in [0.5, 0.6) is 11.5 Å². The van der Waals surface area contributed by atoms with Crippen molar-refractivity contribution in [3.8, 4) is 11.5 Å². The second-order valence-corrected chi connectivity index (χ2v) is 9.73. The maximum atomic E-state index is 13.2. The minimum atomic E-state index is -0.218. The molecule has 5 rings (SSSR count). The van der Waals surface area contributed by atoms with Crippen LogP contribution in [0.1, 0.15) is 15.2 Å². The summed E-state index contributed by atoms with van der Waals surface area (Å²) >= 11 is 1.39. The largest absolute Gasteiger partial charge is 0.496 e. The van der Waals surface area contributed by atoms with Crippen LogP contribution in [-0.2, 0) is 6.54 Å². The van der Waals surface area contributed by atoms with E-state index in [0.29, 0.717) is 10.6 Å². The number of halogens is 1. The Morgan fingerprint density at radius 3 is 2.36 bits per heavy atom. The molecule has 0 aliphatic carbocycles. The number of nitrogens with zero attached hydrogens (tertiary/aromatic N) is 2. The van der Waals surface area contributed by atoms with Crippen molar-refractivity contribution in [1.29, 1.82) is 0 Å². The van der Waals surface area contributed by atoms with Gasteiger partial charge in [-0.1, -0.05) is 18.2 Å². The van der Waals surface area contributed by atoms with E-state index in [2.05, 4.69) is 21.2 Å². The summed E-state index contributed by atoms with van der Waals surface area (Å²) in [4.78, 5) is 18.5. The Morgan fingerprint density at radius 2 is 1.64 bits per heavy atom. The van der Waals surface area contributed by atoms with E-state index in [9.17, 15) is 9.18 Å². The summed E-state index contributed by atoms with van der Waals surface area (Å²) < 4.78 is 25.1. The number of hydrogen-bond donors (Lipinski definition) is 1. The third kappa shape index (κ3) is 5.01. The zero-order valence-corrected chi connectivity index (χ0v) is 21.1. The number of methoxy groups -OCH3 is 2. The number of fused-ring (bicyclic) bond motifs is 1. The summed E-state index contributed by atoms with van der Waals surface area (Å²) in [5.41, 5.74) is 2.91. The predicted octanol–water partition coefficient (Wildman–Crippen LogP) is 5.63. The van der Waals surface area contributed by atoms with Crippen molar-refractivity contribution >= 4 is 38.7 Å². The van der Waals surface area contributed by atoms with Gasteiger partial charge in [0.2, 0.25) is 0 Å². The Kier molecular flexibility index (Phi) is 7.06. The summed E-state index contributed by atoms with van der Waals surface area (Å²) in [6.45, 7) is 4.24. The van der Waals surface area contributed by atoms with Crippen molar-refractivity contribution in [2.45, 2.75) is 6.54 Å². The van der Waals surface area contributed by atoms with Crippen LogP contribution in [0.25, 0.3) is 10.1 Å². The molecule has 1 N–H and O–H groups in total. The molecule has 6 nitrogen and oxygen atoms in total. The van der Waals surface area contributed by atoms with Crippen LogP contribution in [0.15, 0.2) is 66.7 Å². The third-order valence-corrected chi connectivity index (χ3v) is 7.64. The van der Waals surface area contributed by atoms with E-state index < -0.39 is 0 Å². The summed E-state index contributed by atoms with van der Waals surface area (Å²) in [5, 5.41) is 3.97. The minimum absolute atomic E-state index is 0.158. The van der Waals surface area contributed by atoms with Crippen molar-refractivity contribution in [1.82, 2.24) is 4.90 Å². The van der Waals surface area contributed by atoms with Gasteiger partial charge in [-0.3, -0.25) is 9.69 Å². The van der Waals surface area contributed by atoms with Gasteiger partial charge in [0, 0.05) is 49.5 Å². The van der Waals surface area contributed by atoms with Gasteiger partial charge in [-0.2, -0.15) is 0 Å². The van der Waals surface area contributed by atoms with E-state index in [1.54, 1.807) is 14.2 Å². The number of piperazine rings is 1. The lowest BCUT2D eigenvalue weighted by molar-refractivity contribution is 0.103. The Labute approximate surface area is 213 Å². The van der Waals surface area contributed by atoms with E-state index in [1.807, 2.05) is 48.5 Å². The normalized spacial score (nSPS) is 14.1. The molecule has 1 aliphatic heterocycles. The third-order valence-electron chi connectivity index (χ3n) is 6.49. The zero-order chi connectivity index (χ0) is 25.1. The lowest BCUT2D eigenvalue weighted by atomic mass is 10.1. The lowest BCUT2D eigenvalue weighted by Crippen LogP contribution is -2.46. The zero-order valence-electron chi connectivity index (χ0n) is 20.3. The molecular weight excluding hydrogens is 477 g/mol. The number of anilines is 2. The highest BCUT2D eigenvalue weighted by molar-refractivity contribution is 7.21. The molecule has 36 heavy (non-hydrogen) atoms. The molecule has 3 aromatic carbocycles. The summed E-state index contributed by atoms with van der Waals surface area (Å²) in [5.74, 6) is 1.05. The fourth-order valence-electron chi connectivity index (χ4n) is 4.55. The first-order valence-corrected chi connectivity index (χ1v) is 12.6. The molecule has 0 atom stereocenters. The predicted molar refractivity (Wildman–Crippen MR) is 143 cm³/mol. The van der Waals surface area contributed by atoms with Crippen LogP contribution in [-0.4, -0.2) is 51.2 Å². The standard InChI is InChI=1S/C28H28FN3O3S/c1-34-24-11-12-25(35-2)27-22(24)17-26(36-27)28(33)30-23-6-4-3-5-19(23)18-31-13-15-32(16-14-31)21-9-7-20(29)8-10-21/h3-12,17H,13-16,18H2,1-2H3,(H,30,33). The molecular formula is C28H28FN3O3S. The van der Waals surface area contributed by atoms with Crippen LogP contribution < -0.4 is 19.7 Å². The van der Waals surface area contributed by atoms with E-state index >= 15 is 0 Å². The monoisotopic (exact) mass is 505 g/mol. The maximum Gasteiger partial charge on any atom is 0.265 e. The molecule has 8 heteroatoms. The van der Waals surface area contributed by atoms with Crippen LogP contribution >= 0.6 is 11.3 Å². The fourth-order valence-corrected chi connectivity index (χ4v) is 5.61. The van der Waals surface area contributed by atoms with Gasteiger partial charge in [0.1, 0.15) is 17.3 Å². The van der Waals surface area contributed by atoms with E-state index in [4.69, 9.17) is 9.47 Å². The van der Waals surface area contributed by atoms with Crippen molar-refractivity contribution < 1.29 is 18.7 Å². The molecule has 1 fully saturated rings. The first kappa shape index (κ1) is 24.1. The highest BCUT2D eigenvalue weighted by Crippen LogP contribution is 2.39. The molecule has 1 aliphatic rings. The number of ether oxygens (including phenoxy) is 2. The fraction of sp³-hybridized carbons (Fsp3) is 0.250. The number of amides is 1. The van der Waals surface area contributed by atoms with Gasteiger partial charge in [-0.25, -0.2) is 4.39 Å². The molecule has 0 radical (unpaired) electrons. The molecule has 0 bridgehead atoms. The number of carbonyl (C=O) groups excluding carboxylic acids is 1. The van der Waals surface area contributed by atoms with Gasteiger partial charge >= 0.3 is 0 Å². The Morgan fingerprint density at radius 1 is 0.944 bits per heavy atom. The van der Waals surface area contributed by atoms with Gasteiger partial charge in [0.15, 0.2) is 0 Å². The van der Waals surface area contributed by atoms with Gasteiger partial charge in [-0.15, -0.1) is 11.3 Å². The second kappa shape index (κ2) is 10.6. The summed E-state index contributed by atoms with van der Waals surface area (Å²) in [7, 11) is 3.24. The number of hydrogen-bond acceptors (Lipinski definition) is 6. The van der Waals surface area contributed by atoms with E-state index in [0.717, 1.165) is 65.5 Å². The molecule has 0 saturated carbocycles. The van der Waals surface area contributed by atoms with Crippen molar-refractivity contribution in [3.63, 3.8) is 0 Å². The Hall–Kier alpha value is -3.62. The van der Waals surface area contributed by atoms with E-state index in [1.165, 1.54) is 23.5 Å². The number of nitrogens with one attached hydrogen (secondary N) is 1. The van der Waals surface area contributed by atoms with Crippen LogP contribution in [0.2, 0.25) is 0 Å². The first-order chi connectivity index (χ1) is 17.6. The summed E-state index contributed by atoms with van der Waals surface area (Å²) in [6.07, 6.45) is 0. The van der Waals surface area contributed by atoms with Gasteiger partial charge in [0.25, 0.3) is 5.91 Å². The minimum Gasteiger partial charge on any atom is -0.496 e. The average Bonchev–Trinajstić information content (AvgIpc) is 3.36. The SMILES string of the molecule is COc1ccc(OC)c2sc(C(=O)Nc3ccccc3CN3CCN(c4ccc(F)cc4)CC3)cc12. The van der Waals surface area contributed by atoms with Crippen LogP contribution in [0.4, 0.5) is 15.8 Å². The number of carbonyl (C=O) groups is 1. The van der Waals surface area contributed by atoms with E-state index in [-0.39, 0.29) is 11.7 Å². The van der Waals surface area contributed by atoms with Crippen molar-refractivity contribution in [2.24, 2.45) is 0 Å². The number of thiophene rings is 1. The topological polar surface area (TPSA) is 54.0 Å². The van der Waals surface area contributed by atoms with Gasteiger partial charge in [-0.05, 0) is 54.1 Å². The van der Waals surface area contributed by atoms with Crippen molar-refractivity contribution in [2.75, 3.05) is 50.6 Å². The smallest absolute Gasteiger partial charge is 0.265 e. The highest BCUT2D eigenvalue weighted by Gasteiger charge is 2.20. The Bertz CT molecular complexity index is 1320. The average molecular weight is 506 g/mol. The molecule has 1 amide bonds. The van der Waals surface area contributed by atoms with Crippen LogP contribution in [0.3, 0.4) is 0 Å². The number of benzene rings is 3. The number of rotatable bonds is 7. The maximum absolute atomic E-state index is 13.2.